The fourth-order valence-electron chi connectivity index (χ4n) is 1.45. The number of ether oxygens (including phenoxy) is 2. The molecule has 0 atom stereocenters. The summed E-state index contributed by atoms with van der Waals surface area (Å²) in [7, 11) is -4.57. The molecule has 0 saturated heterocycles. The first-order valence-corrected chi connectivity index (χ1v) is 8.15. The van der Waals surface area contributed by atoms with E-state index in [0.717, 1.165) is 13.0 Å². The number of hydrogen-bond acceptors (Lipinski definition) is 6. The minimum Gasteiger partial charge on any atom is -0.726 e. The standard InChI is InChI=1S/C12H26O6S.Na/c1-2-3-4-5-6-8-16-11-12-17-9-7-10-18-19(13,14)15;/h2-12H2,1H3,(H,13,14,15);/q;+1/p-1. The van der Waals surface area contributed by atoms with Crippen LogP contribution >= 0.6 is 0 Å². The number of hydrogen-bond donors (Lipinski definition) is 0. The van der Waals surface area contributed by atoms with Crippen LogP contribution in [-0.2, 0) is 24.1 Å². The Bertz CT molecular complexity index is 284. The molecule has 0 unspecified atom stereocenters. The third-order valence-electron chi connectivity index (χ3n) is 2.42. The van der Waals surface area contributed by atoms with Crippen molar-refractivity contribution in [3.05, 3.63) is 0 Å². The van der Waals surface area contributed by atoms with Gasteiger partial charge in [-0.2, -0.15) is 0 Å². The van der Waals surface area contributed by atoms with E-state index in [2.05, 4.69) is 11.1 Å². The van der Waals surface area contributed by atoms with E-state index < -0.39 is 10.4 Å². The first-order valence-electron chi connectivity index (χ1n) is 6.82. The fourth-order valence-corrected chi connectivity index (χ4v) is 1.77. The molecule has 0 aliphatic rings. The molecule has 0 radical (unpaired) electrons. The van der Waals surface area contributed by atoms with Crippen LogP contribution in [0.2, 0.25) is 0 Å². The Morgan fingerprint density at radius 1 is 0.800 bits per heavy atom. The van der Waals surface area contributed by atoms with Crippen molar-refractivity contribution >= 4 is 10.4 Å². The van der Waals surface area contributed by atoms with Crippen molar-refractivity contribution in [3.8, 4) is 0 Å². The fraction of sp³-hybridized carbons (Fsp3) is 1.00. The topological polar surface area (TPSA) is 84.9 Å². The molecule has 0 amide bonds. The first kappa shape index (κ1) is 23.1. The second-order valence-electron chi connectivity index (χ2n) is 4.22. The predicted octanol–water partition coefficient (Wildman–Crippen LogP) is -1.14. The van der Waals surface area contributed by atoms with E-state index >= 15 is 0 Å². The smallest absolute Gasteiger partial charge is 0.726 e. The summed E-state index contributed by atoms with van der Waals surface area (Å²) < 4.78 is 44.9. The molecule has 0 heterocycles. The van der Waals surface area contributed by atoms with Crippen LogP contribution < -0.4 is 29.6 Å². The quantitative estimate of drug-likeness (QED) is 0.174. The van der Waals surface area contributed by atoms with Crippen LogP contribution in [-0.4, -0.2) is 46.0 Å². The van der Waals surface area contributed by atoms with Gasteiger partial charge in [0.1, 0.15) is 0 Å². The molecule has 0 bridgehead atoms. The van der Waals surface area contributed by atoms with Crippen LogP contribution in [0, 0.1) is 0 Å². The Morgan fingerprint density at radius 3 is 1.90 bits per heavy atom. The SMILES string of the molecule is CCCCCCCOCCOCCCOS(=O)(=O)[O-].[Na+]. The summed E-state index contributed by atoms with van der Waals surface area (Å²) in [4.78, 5) is 0. The average molecular weight is 320 g/mol. The van der Waals surface area contributed by atoms with Gasteiger partial charge in [-0.1, -0.05) is 32.6 Å². The van der Waals surface area contributed by atoms with Gasteiger partial charge in [-0.25, -0.2) is 8.42 Å². The largest absolute Gasteiger partial charge is 1.00 e. The Morgan fingerprint density at radius 2 is 1.35 bits per heavy atom. The molecule has 0 aromatic heterocycles. The van der Waals surface area contributed by atoms with Gasteiger partial charge < -0.3 is 14.0 Å². The van der Waals surface area contributed by atoms with Crippen molar-refractivity contribution in [3.63, 3.8) is 0 Å². The normalized spacial score (nSPS) is 11.3. The van der Waals surface area contributed by atoms with Crippen molar-refractivity contribution < 1.29 is 56.2 Å². The summed E-state index contributed by atoms with van der Waals surface area (Å²) in [6, 6.07) is 0. The zero-order chi connectivity index (χ0) is 14.4. The second-order valence-corrected chi connectivity index (χ2v) is 5.27. The minimum atomic E-state index is -4.57. The number of rotatable bonds is 14. The Labute approximate surface area is 144 Å². The van der Waals surface area contributed by atoms with Crippen LogP contribution in [0.3, 0.4) is 0 Å². The summed E-state index contributed by atoms with van der Waals surface area (Å²) in [6.45, 7) is 4.17. The molecule has 0 aromatic rings. The minimum absolute atomic E-state index is 0. The van der Waals surface area contributed by atoms with E-state index in [9.17, 15) is 13.0 Å². The van der Waals surface area contributed by atoms with E-state index in [1.165, 1.54) is 25.7 Å². The summed E-state index contributed by atoms with van der Waals surface area (Å²) in [5.74, 6) is 0. The van der Waals surface area contributed by atoms with Gasteiger partial charge in [0.2, 0.25) is 10.4 Å². The molecule has 8 heteroatoms. The van der Waals surface area contributed by atoms with Crippen LogP contribution in [0.1, 0.15) is 45.4 Å². The second kappa shape index (κ2) is 16.2. The molecule has 0 rings (SSSR count). The first-order chi connectivity index (χ1) is 9.06. The molecule has 20 heavy (non-hydrogen) atoms. The molecule has 116 valence electrons. The van der Waals surface area contributed by atoms with Crippen LogP contribution in [0.4, 0.5) is 0 Å². The molecule has 0 fully saturated rings. The van der Waals surface area contributed by atoms with Gasteiger partial charge in [0.15, 0.2) is 0 Å². The van der Waals surface area contributed by atoms with Crippen LogP contribution in [0.15, 0.2) is 0 Å². The summed E-state index contributed by atoms with van der Waals surface area (Å²) in [5.41, 5.74) is 0. The Hall–Kier alpha value is 0.790. The number of unbranched alkanes of at least 4 members (excludes halogenated alkanes) is 4. The third-order valence-corrected chi connectivity index (χ3v) is 2.88. The summed E-state index contributed by atoms with van der Waals surface area (Å²) in [5, 5.41) is 0. The summed E-state index contributed by atoms with van der Waals surface area (Å²) >= 11 is 0. The van der Waals surface area contributed by atoms with Crippen molar-refractivity contribution in [2.75, 3.05) is 33.0 Å². The van der Waals surface area contributed by atoms with E-state index in [0.29, 0.717) is 26.2 Å². The van der Waals surface area contributed by atoms with Crippen molar-refractivity contribution in [1.29, 1.82) is 0 Å². The van der Waals surface area contributed by atoms with Crippen molar-refractivity contribution in [1.82, 2.24) is 0 Å². The van der Waals surface area contributed by atoms with E-state index in [-0.39, 0.29) is 36.2 Å². The van der Waals surface area contributed by atoms with E-state index in [1.807, 2.05) is 0 Å². The van der Waals surface area contributed by atoms with Crippen molar-refractivity contribution in [2.45, 2.75) is 45.4 Å². The van der Waals surface area contributed by atoms with Crippen LogP contribution in [0.5, 0.6) is 0 Å². The monoisotopic (exact) mass is 320 g/mol. The predicted molar refractivity (Wildman–Crippen MR) is 70.7 cm³/mol. The third kappa shape index (κ3) is 21.1. The van der Waals surface area contributed by atoms with E-state index in [1.54, 1.807) is 0 Å². The van der Waals surface area contributed by atoms with Crippen molar-refractivity contribution in [2.24, 2.45) is 0 Å². The maximum atomic E-state index is 10.1. The van der Waals surface area contributed by atoms with Gasteiger partial charge in [-0.3, -0.25) is 4.18 Å². The molecule has 0 aliphatic heterocycles. The Balaban J connectivity index is 0. The van der Waals surface area contributed by atoms with Crippen LogP contribution in [0.25, 0.3) is 0 Å². The average Bonchev–Trinajstić information content (AvgIpc) is 2.34. The van der Waals surface area contributed by atoms with Gasteiger partial charge in [0, 0.05) is 13.2 Å². The summed E-state index contributed by atoms with van der Waals surface area (Å²) in [6.07, 6.45) is 6.44. The molecule has 0 aromatic carbocycles. The Kier molecular flexibility index (Phi) is 18.6. The van der Waals surface area contributed by atoms with Gasteiger partial charge in [-0.15, -0.1) is 0 Å². The van der Waals surface area contributed by atoms with Gasteiger partial charge in [-0.05, 0) is 12.8 Å². The molecule has 6 nitrogen and oxygen atoms in total. The maximum absolute atomic E-state index is 10.1. The zero-order valence-corrected chi connectivity index (χ0v) is 15.5. The molecular weight excluding hydrogens is 295 g/mol. The maximum Gasteiger partial charge on any atom is 1.00 e. The molecule has 0 aliphatic carbocycles. The molecular formula is C12H25NaO6S. The molecule has 0 spiro atoms. The van der Waals surface area contributed by atoms with E-state index in [4.69, 9.17) is 9.47 Å². The van der Waals surface area contributed by atoms with Gasteiger partial charge in [0.25, 0.3) is 0 Å². The van der Waals surface area contributed by atoms with Gasteiger partial charge in [0.05, 0.1) is 19.8 Å². The van der Waals surface area contributed by atoms with Gasteiger partial charge >= 0.3 is 29.6 Å². The molecule has 0 N–H and O–H groups in total. The zero-order valence-electron chi connectivity index (χ0n) is 12.6. The molecule has 0 saturated carbocycles.